The van der Waals surface area contributed by atoms with Crippen LogP contribution in [0.3, 0.4) is 0 Å². The molecule has 39 heavy (non-hydrogen) atoms. The highest BCUT2D eigenvalue weighted by Crippen LogP contribution is 2.31. The molecule has 216 valence electrons. The Morgan fingerprint density at radius 2 is 1.97 bits per heavy atom. The topological polar surface area (TPSA) is 108 Å². The van der Waals surface area contributed by atoms with Gasteiger partial charge in [0.15, 0.2) is 6.04 Å². The molecule has 3 heterocycles. The summed E-state index contributed by atoms with van der Waals surface area (Å²) in [6, 6.07) is 4.61. The highest BCUT2D eigenvalue weighted by molar-refractivity contribution is 5.85. The number of amides is 2. The van der Waals surface area contributed by atoms with Crippen molar-refractivity contribution in [2.45, 2.75) is 38.4 Å². The van der Waals surface area contributed by atoms with Crippen molar-refractivity contribution in [3.05, 3.63) is 30.1 Å². The Balaban J connectivity index is 1.52. The number of nitrogens with zero attached hydrogens (tertiary/aromatic N) is 5. The molecule has 3 aliphatic rings. The van der Waals surface area contributed by atoms with Crippen LogP contribution in [0, 0.1) is 17.7 Å². The summed E-state index contributed by atoms with van der Waals surface area (Å²) in [6.07, 6.45) is 0.567. The summed E-state index contributed by atoms with van der Waals surface area (Å²) in [5.74, 6) is -0.577. The third-order valence-electron chi connectivity index (χ3n) is 7.31. The van der Waals surface area contributed by atoms with Gasteiger partial charge < -0.3 is 29.3 Å². The zero-order valence-corrected chi connectivity index (χ0v) is 23.1. The van der Waals surface area contributed by atoms with E-state index in [1.54, 1.807) is 25.3 Å². The second kappa shape index (κ2) is 14.1. The quantitative estimate of drug-likeness (QED) is 0.420. The zero-order chi connectivity index (χ0) is 27.8. The van der Waals surface area contributed by atoms with Gasteiger partial charge in [0.1, 0.15) is 11.9 Å². The fourth-order valence-electron chi connectivity index (χ4n) is 5.34. The minimum atomic E-state index is -0.874. The lowest BCUT2D eigenvalue weighted by molar-refractivity contribution is -0.143. The largest absolute Gasteiger partial charge is 0.382 e. The second-order valence-electron chi connectivity index (χ2n) is 10.6. The lowest BCUT2D eigenvalue weighted by Gasteiger charge is -2.41. The first-order chi connectivity index (χ1) is 18.9. The maximum atomic E-state index is 14.7. The molecule has 4 atom stereocenters. The summed E-state index contributed by atoms with van der Waals surface area (Å²) in [5, 5.41) is 13.4. The van der Waals surface area contributed by atoms with Crippen LogP contribution < -0.4 is 10.3 Å². The van der Waals surface area contributed by atoms with Gasteiger partial charge in [-0.25, -0.2) is 9.40 Å². The van der Waals surface area contributed by atoms with E-state index in [-0.39, 0.29) is 42.0 Å². The normalized spacial score (nSPS) is 25.4. The molecular weight excluding hydrogens is 507 g/mol. The lowest BCUT2D eigenvalue weighted by Crippen LogP contribution is -2.58. The summed E-state index contributed by atoms with van der Waals surface area (Å²) >= 11 is 0. The van der Waals surface area contributed by atoms with Crippen molar-refractivity contribution in [1.29, 1.82) is 0 Å². The van der Waals surface area contributed by atoms with E-state index in [9.17, 15) is 14.0 Å². The average molecular weight is 549 g/mol. The number of halogens is 1. The van der Waals surface area contributed by atoms with Crippen molar-refractivity contribution in [2.24, 2.45) is 22.2 Å². The Hall–Kier alpha value is -2.67. The number of nitrogens with one attached hydrogen (secondary N) is 1. The van der Waals surface area contributed by atoms with Gasteiger partial charge in [0.2, 0.25) is 5.91 Å². The Bertz CT molecular complexity index is 991. The molecule has 3 aliphatic heterocycles. The van der Waals surface area contributed by atoms with E-state index in [2.05, 4.69) is 29.5 Å². The Labute approximate surface area is 229 Å². The lowest BCUT2D eigenvalue weighted by atomic mass is 9.91. The van der Waals surface area contributed by atoms with Gasteiger partial charge >= 0.3 is 0 Å². The van der Waals surface area contributed by atoms with Crippen LogP contribution in [0.2, 0.25) is 0 Å². The Morgan fingerprint density at radius 3 is 2.69 bits per heavy atom. The van der Waals surface area contributed by atoms with Crippen molar-refractivity contribution in [2.75, 3.05) is 77.9 Å². The number of morpholine rings is 1. The van der Waals surface area contributed by atoms with Gasteiger partial charge in [-0.1, -0.05) is 31.2 Å². The predicted molar refractivity (Wildman–Crippen MR) is 143 cm³/mol. The fourth-order valence-corrected chi connectivity index (χ4v) is 5.34. The van der Waals surface area contributed by atoms with Crippen molar-refractivity contribution >= 4 is 17.5 Å². The molecule has 2 amide bonds. The first kappa shape index (κ1) is 29.3. The number of rotatable bonds is 11. The molecule has 1 N–H and O–H groups in total. The van der Waals surface area contributed by atoms with E-state index >= 15 is 0 Å². The molecule has 0 aromatic heterocycles. The monoisotopic (exact) mass is 548 g/mol. The Morgan fingerprint density at radius 1 is 1.21 bits per heavy atom. The number of piperidine rings is 1. The molecule has 0 saturated carbocycles. The number of ether oxygens (including phenoxy) is 3. The summed E-state index contributed by atoms with van der Waals surface area (Å²) in [4.78, 5) is 31.1. The van der Waals surface area contributed by atoms with E-state index in [0.29, 0.717) is 65.6 Å². The van der Waals surface area contributed by atoms with Gasteiger partial charge in [-0.3, -0.25) is 9.59 Å². The number of methoxy groups -OCH3 is 1. The third-order valence-corrected chi connectivity index (χ3v) is 7.31. The second-order valence-corrected chi connectivity index (χ2v) is 10.6. The van der Waals surface area contributed by atoms with Crippen LogP contribution in [0.15, 0.2) is 34.6 Å². The third kappa shape index (κ3) is 7.30. The molecule has 11 nitrogen and oxygen atoms in total. The van der Waals surface area contributed by atoms with E-state index in [1.807, 2.05) is 9.80 Å². The Kier molecular flexibility index (Phi) is 10.6. The molecule has 2 unspecified atom stereocenters. The minimum Gasteiger partial charge on any atom is -0.382 e. The molecular formula is C27H41FN6O5. The SMILES string of the molecule is COCCOCC1C(C(=O)N(CC(C)C)[C@@H]2CNC[C@H](C(=O)N3CCOCC3)C2)N=NN1c1ccccc1F. The van der Waals surface area contributed by atoms with Crippen molar-refractivity contribution in [3.8, 4) is 0 Å². The molecule has 1 aromatic rings. The number of hydrogen-bond acceptors (Lipinski definition) is 9. The fraction of sp³-hybridized carbons (Fsp3) is 0.704. The predicted octanol–water partition coefficient (Wildman–Crippen LogP) is 1.73. The summed E-state index contributed by atoms with van der Waals surface area (Å²) < 4.78 is 31.0. The summed E-state index contributed by atoms with van der Waals surface area (Å²) in [5.41, 5.74) is 0.239. The van der Waals surface area contributed by atoms with Crippen LogP contribution in [-0.4, -0.2) is 113 Å². The summed E-state index contributed by atoms with van der Waals surface area (Å²) in [6.45, 7) is 8.90. The number of hydrogen-bond donors (Lipinski definition) is 1. The number of carbonyl (C=O) groups excluding carboxylic acids is 2. The van der Waals surface area contributed by atoms with Crippen molar-refractivity contribution in [3.63, 3.8) is 0 Å². The molecule has 0 aliphatic carbocycles. The molecule has 2 fully saturated rings. The van der Waals surface area contributed by atoms with Gasteiger partial charge in [-0.05, 0) is 24.5 Å². The summed E-state index contributed by atoms with van der Waals surface area (Å²) in [7, 11) is 1.58. The number of anilines is 1. The highest BCUT2D eigenvalue weighted by Gasteiger charge is 2.44. The van der Waals surface area contributed by atoms with E-state index in [0.717, 1.165) is 0 Å². The van der Waals surface area contributed by atoms with Crippen LogP contribution >= 0.6 is 0 Å². The van der Waals surface area contributed by atoms with Gasteiger partial charge in [0, 0.05) is 45.9 Å². The molecule has 2 saturated heterocycles. The first-order valence-electron chi connectivity index (χ1n) is 13.8. The maximum Gasteiger partial charge on any atom is 0.252 e. The minimum absolute atomic E-state index is 0.100. The molecule has 1 aromatic carbocycles. The zero-order valence-electron chi connectivity index (χ0n) is 23.1. The van der Waals surface area contributed by atoms with Gasteiger partial charge in [-0.15, -0.1) is 0 Å². The molecule has 12 heteroatoms. The van der Waals surface area contributed by atoms with Crippen LogP contribution in [0.4, 0.5) is 10.1 Å². The standard InChI is InChI=1S/C27H41FN6O5/c1-19(2)17-33(21-14-20(15-29-16-21)26(35)32-8-10-38-11-9-32)27(36)25-24(18-39-13-12-37-3)34(31-30-25)23-7-5-4-6-22(23)28/h4-7,19-21,24-25,29H,8-18H2,1-3H3/t20-,21+,24?,25?/m1/s1. The smallest absolute Gasteiger partial charge is 0.252 e. The number of carbonyl (C=O) groups is 2. The maximum absolute atomic E-state index is 14.7. The van der Waals surface area contributed by atoms with E-state index in [4.69, 9.17) is 14.2 Å². The first-order valence-corrected chi connectivity index (χ1v) is 13.8. The molecule has 0 radical (unpaired) electrons. The van der Waals surface area contributed by atoms with E-state index < -0.39 is 17.9 Å². The van der Waals surface area contributed by atoms with Crippen molar-refractivity contribution < 1.29 is 28.2 Å². The highest BCUT2D eigenvalue weighted by atomic mass is 19.1. The van der Waals surface area contributed by atoms with Gasteiger partial charge in [0.25, 0.3) is 5.91 Å². The van der Waals surface area contributed by atoms with Crippen LogP contribution in [0.5, 0.6) is 0 Å². The number of benzene rings is 1. The van der Waals surface area contributed by atoms with Gasteiger partial charge in [0.05, 0.1) is 44.6 Å². The van der Waals surface area contributed by atoms with Crippen LogP contribution in [-0.2, 0) is 23.8 Å². The van der Waals surface area contributed by atoms with E-state index in [1.165, 1.54) is 11.1 Å². The number of para-hydroxylation sites is 1. The molecule has 0 spiro atoms. The average Bonchev–Trinajstić information content (AvgIpc) is 3.37. The van der Waals surface area contributed by atoms with Crippen LogP contribution in [0.25, 0.3) is 0 Å². The molecule has 4 rings (SSSR count). The van der Waals surface area contributed by atoms with Gasteiger partial charge in [-0.2, -0.15) is 5.11 Å². The van der Waals surface area contributed by atoms with Crippen LogP contribution in [0.1, 0.15) is 20.3 Å². The molecule has 0 bridgehead atoms. The van der Waals surface area contributed by atoms with Crippen molar-refractivity contribution in [1.82, 2.24) is 15.1 Å².